The topological polar surface area (TPSA) is 54.4 Å². The number of pyridine rings is 1. The van der Waals surface area contributed by atoms with Gasteiger partial charge in [0.05, 0.1) is 0 Å². The molecule has 1 amide bonds. The summed E-state index contributed by atoms with van der Waals surface area (Å²) in [5.74, 6) is 0.806. The van der Waals surface area contributed by atoms with E-state index in [1.807, 2.05) is 12.1 Å². The summed E-state index contributed by atoms with van der Waals surface area (Å²) in [6.45, 7) is 2.06. The number of nitrogens with zero attached hydrogens (tertiary/aromatic N) is 2. The molecule has 1 N–H and O–H groups in total. The minimum Gasteiger partial charge on any atom is -0.312 e. The van der Waals surface area contributed by atoms with Gasteiger partial charge in [0.1, 0.15) is 11.9 Å². The third-order valence-electron chi connectivity index (χ3n) is 2.56. The Balaban J connectivity index is 2.02. The molecule has 2 rings (SSSR count). The van der Waals surface area contributed by atoms with Gasteiger partial charge in [0, 0.05) is 18.8 Å². The highest BCUT2D eigenvalue weighted by Gasteiger charge is 2.24. The Kier molecular flexibility index (Phi) is 3.29. The van der Waals surface area contributed by atoms with Crippen LogP contribution >= 0.6 is 0 Å². The maximum Gasteiger partial charge on any atom is 0.250 e. The minimum atomic E-state index is -0.179. The van der Waals surface area contributed by atoms with Crippen molar-refractivity contribution in [2.45, 2.75) is 32.2 Å². The molecule has 2 heterocycles. The molecule has 0 aromatic carbocycles. The second-order valence-electron chi connectivity index (χ2n) is 3.90. The first-order valence-corrected chi connectivity index (χ1v) is 5.56. The van der Waals surface area contributed by atoms with Crippen LogP contribution in [0.25, 0.3) is 0 Å². The van der Waals surface area contributed by atoms with E-state index in [1.54, 1.807) is 12.4 Å². The van der Waals surface area contributed by atoms with Gasteiger partial charge in [0.25, 0.3) is 0 Å². The molecule has 16 heavy (non-hydrogen) atoms. The largest absolute Gasteiger partial charge is 0.312 e. The smallest absolute Gasteiger partial charge is 0.250 e. The summed E-state index contributed by atoms with van der Waals surface area (Å²) in [5.41, 5.74) is 1.12. The number of hydrogen-bond donors (Lipinski definition) is 1. The van der Waals surface area contributed by atoms with Crippen LogP contribution in [0.4, 0.5) is 0 Å². The fraction of sp³-hybridized carbons (Fsp3) is 0.417. The van der Waals surface area contributed by atoms with Crippen LogP contribution in [-0.2, 0) is 11.2 Å². The predicted molar refractivity (Wildman–Crippen MR) is 62.2 cm³/mol. The second kappa shape index (κ2) is 4.88. The van der Waals surface area contributed by atoms with Gasteiger partial charge in [-0.3, -0.25) is 14.8 Å². The molecule has 1 aromatic rings. The molecule has 1 atom stereocenters. The maximum atomic E-state index is 11.5. The van der Waals surface area contributed by atoms with E-state index in [0.29, 0.717) is 6.42 Å². The van der Waals surface area contributed by atoms with Crippen molar-refractivity contribution in [3.8, 4) is 0 Å². The lowest BCUT2D eigenvalue weighted by atomic mass is 10.2. The van der Waals surface area contributed by atoms with Crippen LogP contribution in [0.3, 0.4) is 0 Å². The number of carbonyl (C=O) groups excluding carboxylic acids is 1. The average Bonchev–Trinajstić information content (AvgIpc) is 2.61. The van der Waals surface area contributed by atoms with Crippen molar-refractivity contribution in [3.63, 3.8) is 0 Å². The average molecular weight is 217 g/mol. The van der Waals surface area contributed by atoms with E-state index in [0.717, 1.165) is 24.2 Å². The monoisotopic (exact) mass is 217 g/mol. The van der Waals surface area contributed by atoms with Gasteiger partial charge in [-0.05, 0) is 24.1 Å². The van der Waals surface area contributed by atoms with E-state index in [-0.39, 0.29) is 11.9 Å². The molecule has 0 bridgehead atoms. The van der Waals surface area contributed by atoms with E-state index < -0.39 is 0 Å². The summed E-state index contributed by atoms with van der Waals surface area (Å²) in [4.78, 5) is 19.9. The van der Waals surface area contributed by atoms with Gasteiger partial charge in [0.15, 0.2) is 0 Å². The first kappa shape index (κ1) is 10.8. The van der Waals surface area contributed by atoms with Crippen LogP contribution < -0.4 is 5.32 Å². The number of aromatic nitrogens is 1. The molecule has 0 aliphatic carbocycles. The number of aliphatic imine (C=N–C) groups is 1. The van der Waals surface area contributed by atoms with Crippen molar-refractivity contribution in [3.05, 3.63) is 30.1 Å². The zero-order valence-corrected chi connectivity index (χ0v) is 9.31. The highest BCUT2D eigenvalue weighted by molar-refractivity contribution is 6.06. The van der Waals surface area contributed by atoms with Crippen LogP contribution in [0.1, 0.15) is 25.3 Å². The highest BCUT2D eigenvalue weighted by Crippen LogP contribution is 2.10. The van der Waals surface area contributed by atoms with Gasteiger partial charge in [-0.15, -0.1) is 0 Å². The molecule has 0 spiro atoms. The van der Waals surface area contributed by atoms with Crippen LogP contribution in [0.2, 0.25) is 0 Å². The van der Waals surface area contributed by atoms with Gasteiger partial charge in [0.2, 0.25) is 5.91 Å². The van der Waals surface area contributed by atoms with E-state index >= 15 is 0 Å². The lowest BCUT2D eigenvalue weighted by Crippen LogP contribution is -2.29. The van der Waals surface area contributed by atoms with Crippen molar-refractivity contribution in [1.29, 1.82) is 0 Å². The Bertz CT molecular complexity index is 400. The summed E-state index contributed by atoms with van der Waals surface area (Å²) in [7, 11) is 0. The van der Waals surface area contributed by atoms with Gasteiger partial charge in [-0.1, -0.05) is 13.3 Å². The van der Waals surface area contributed by atoms with Crippen molar-refractivity contribution < 1.29 is 4.79 Å². The molecular formula is C12H15N3O. The molecule has 0 saturated heterocycles. The first-order valence-electron chi connectivity index (χ1n) is 5.56. The van der Waals surface area contributed by atoms with Gasteiger partial charge < -0.3 is 5.32 Å². The van der Waals surface area contributed by atoms with Crippen molar-refractivity contribution in [2.24, 2.45) is 4.99 Å². The molecule has 0 saturated carbocycles. The summed E-state index contributed by atoms with van der Waals surface area (Å²) >= 11 is 0. The normalized spacial score (nSPS) is 19.4. The Labute approximate surface area is 94.8 Å². The summed E-state index contributed by atoms with van der Waals surface area (Å²) in [6, 6.07) is 3.69. The number of amidine groups is 1. The zero-order chi connectivity index (χ0) is 11.4. The fourth-order valence-electron chi connectivity index (χ4n) is 1.76. The summed E-state index contributed by atoms with van der Waals surface area (Å²) in [5, 5.41) is 2.83. The Morgan fingerprint density at radius 1 is 1.38 bits per heavy atom. The summed E-state index contributed by atoms with van der Waals surface area (Å²) in [6.07, 6.45) is 5.97. The lowest BCUT2D eigenvalue weighted by molar-refractivity contribution is -0.120. The number of nitrogens with one attached hydrogen (secondary N) is 1. The SMILES string of the molecule is CCCC1N=C(Cc2ccncc2)NC1=O. The van der Waals surface area contributed by atoms with Crippen LogP contribution in [0.5, 0.6) is 0 Å². The van der Waals surface area contributed by atoms with Crippen LogP contribution in [-0.4, -0.2) is 22.8 Å². The van der Waals surface area contributed by atoms with E-state index in [2.05, 4.69) is 22.2 Å². The van der Waals surface area contributed by atoms with Crippen LogP contribution in [0.15, 0.2) is 29.5 Å². The number of carbonyl (C=O) groups is 1. The number of amides is 1. The lowest BCUT2D eigenvalue weighted by Gasteiger charge is -2.00. The molecule has 84 valence electrons. The van der Waals surface area contributed by atoms with Crippen molar-refractivity contribution in [2.75, 3.05) is 0 Å². The van der Waals surface area contributed by atoms with Gasteiger partial charge in [-0.2, -0.15) is 0 Å². The standard InChI is InChI=1S/C12H15N3O/c1-2-3-10-12(16)15-11(14-10)8-9-4-6-13-7-5-9/h4-7,10H,2-3,8H2,1H3,(H,14,15,16). The predicted octanol–water partition coefficient (Wildman–Crippen LogP) is 1.32. The fourth-order valence-corrected chi connectivity index (χ4v) is 1.76. The zero-order valence-electron chi connectivity index (χ0n) is 9.31. The highest BCUT2D eigenvalue weighted by atomic mass is 16.2. The Hall–Kier alpha value is -1.71. The van der Waals surface area contributed by atoms with E-state index in [1.165, 1.54) is 0 Å². The molecule has 0 radical (unpaired) electrons. The van der Waals surface area contributed by atoms with Gasteiger partial charge >= 0.3 is 0 Å². The third kappa shape index (κ3) is 2.45. The molecule has 0 fully saturated rings. The summed E-state index contributed by atoms with van der Waals surface area (Å²) < 4.78 is 0. The molecule has 4 heteroatoms. The first-order chi connectivity index (χ1) is 7.79. The van der Waals surface area contributed by atoms with E-state index in [9.17, 15) is 4.79 Å². The quantitative estimate of drug-likeness (QED) is 0.827. The Morgan fingerprint density at radius 3 is 2.81 bits per heavy atom. The number of hydrogen-bond acceptors (Lipinski definition) is 3. The Morgan fingerprint density at radius 2 is 2.12 bits per heavy atom. The molecule has 4 nitrogen and oxygen atoms in total. The molecule has 1 aromatic heterocycles. The third-order valence-corrected chi connectivity index (χ3v) is 2.56. The van der Waals surface area contributed by atoms with Crippen LogP contribution in [0, 0.1) is 0 Å². The van der Waals surface area contributed by atoms with E-state index in [4.69, 9.17) is 0 Å². The molecular weight excluding hydrogens is 202 g/mol. The minimum absolute atomic E-state index is 0.0332. The molecule has 1 unspecified atom stereocenters. The molecule has 1 aliphatic heterocycles. The second-order valence-corrected chi connectivity index (χ2v) is 3.90. The van der Waals surface area contributed by atoms with Gasteiger partial charge in [-0.25, -0.2) is 0 Å². The van der Waals surface area contributed by atoms with Crippen molar-refractivity contribution >= 4 is 11.7 Å². The molecule has 1 aliphatic rings. The van der Waals surface area contributed by atoms with Crippen molar-refractivity contribution in [1.82, 2.24) is 10.3 Å². The maximum absolute atomic E-state index is 11.5. The number of rotatable bonds is 4.